The number of rotatable bonds is 16. The molecule has 0 aliphatic rings. The zero-order chi connectivity index (χ0) is 30.5. The Hall–Kier alpha value is -4.05. The van der Waals surface area contributed by atoms with Gasteiger partial charge in [0.1, 0.15) is 17.5 Å². The van der Waals surface area contributed by atoms with Crippen molar-refractivity contribution in [1.29, 1.82) is 0 Å². The van der Waals surface area contributed by atoms with Crippen molar-refractivity contribution in [1.82, 2.24) is 10.2 Å². The molecule has 1 unspecified atom stereocenters. The molecule has 0 bridgehead atoms. The zero-order valence-corrected chi connectivity index (χ0v) is 25.6. The predicted molar refractivity (Wildman–Crippen MR) is 165 cm³/mol. The fraction of sp³-hybridized carbons (Fsp3) is 0.375. The minimum atomic E-state index is -3.62. The molecule has 226 valence electrons. The first-order chi connectivity index (χ1) is 20.2. The highest BCUT2D eigenvalue weighted by atomic mass is 32.2. The Morgan fingerprint density at radius 2 is 1.52 bits per heavy atom. The van der Waals surface area contributed by atoms with Gasteiger partial charge in [0, 0.05) is 38.5 Å². The lowest BCUT2D eigenvalue weighted by molar-refractivity contribution is -0.141. The fourth-order valence-electron chi connectivity index (χ4n) is 4.66. The number of nitrogens with one attached hydrogen (secondary N) is 1. The average Bonchev–Trinajstić information content (AvgIpc) is 2.99. The number of carbonyl (C=O) groups is 2. The van der Waals surface area contributed by atoms with E-state index in [0.29, 0.717) is 30.2 Å². The van der Waals surface area contributed by atoms with Crippen LogP contribution in [-0.4, -0.2) is 64.7 Å². The molecule has 0 heterocycles. The molecule has 0 aromatic heterocycles. The quantitative estimate of drug-likeness (QED) is 0.263. The van der Waals surface area contributed by atoms with Crippen molar-refractivity contribution < 1.29 is 27.5 Å². The maximum Gasteiger partial charge on any atom is 0.243 e. The van der Waals surface area contributed by atoms with E-state index in [9.17, 15) is 18.0 Å². The predicted octanol–water partition coefficient (Wildman–Crippen LogP) is 4.42. The van der Waals surface area contributed by atoms with Gasteiger partial charge in [-0.2, -0.15) is 0 Å². The normalized spacial score (nSPS) is 11.8. The van der Waals surface area contributed by atoms with Gasteiger partial charge in [-0.25, -0.2) is 8.42 Å². The van der Waals surface area contributed by atoms with Crippen molar-refractivity contribution in [2.45, 2.75) is 45.2 Å². The van der Waals surface area contributed by atoms with Gasteiger partial charge >= 0.3 is 0 Å². The molecule has 0 saturated heterocycles. The van der Waals surface area contributed by atoms with Crippen molar-refractivity contribution in [3.63, 3.8) is 0 Å². The highest BCUT2D eigenvalue weighted by Gasteiger charge is 2.30. The Bertz CT molecular complexity index is 1410. The Labute approximate surface area is 249 Å². The highest BCUT2D eigenvalue weighted by molar-refractivity contribution is 7.92. The third kappa shape index (κ3) is 9.51. The molecule has 2 amide bonds. The summed E-state index contributed by atoms with van der Waals surface area (Å²) in [7, 11) is -0.530. The third-order valence-corrected chi connectivity index (χ3v) is 7.99. The molecule has 3 aromatic carbocycles. The van der Waals surface area contributed by atoms with Crippen LogP contribution in [0.25, 0.3) is 0 Å². The van der Waals surface area contributed by atoms with Gasteiger partial charge in [0.2, 0.25) is 21.8 Å². The standard InChI is InChI=1S/C32H41N3O6S/c1-5-19-33-32(37)30(22-25-12-7-6-8-13-25)34(24-26-14-9-16-28(21-26)40-2)31(36)18-11-20-35(42(4,38)39)27-15-10-17-29(23-27)41-3/h6-10,12-17,21,23,30H,5,11,18-20,22,24H2,1-4H3,(H,33,37). The summed E-state index contributed by atoms with van der Waals surface area (Å²) in [6, 6.07) is 23.0. The van der Waals surface area contributed by atoms with Gasteiger partial charge in [-0.3, -0.25) is 13.9 Å². The molecule has 3 aromatic rings. The van der Waals surface area contributed by atoms with Gasteiger partial charge in [-0.1, -0.05) is 55.5 Å². The van der Waals surface area contributed by atoms with Crippen LogP contribution in [0.1, 0.15) is 37.3 Å². The summed E-state index contributed by atoms with van der Waals surface area (Å²) in [4.78, 5) is 29.0. The Morgan fingerprint density at radius 1 is 0.881 bits per heavy atom. The van der Waals surface area contributed by atoms with Crippen molar-refractivity contribution in [2.24, 2.45) is 0 Å². The number of hydrogen-bond acceptors (Lipinski definition) is 6. The van der Waals surface area contributed by atoms with Crippen LogP contribution < -0.4 is 19.1 Å². The summed E-state index contributed by atoms with van der Waals surface area (Å²) in [5, 5.41) is 2.97. The average molecular weight is 596 g/mol. The smallest absolute Gasteiger partial charge is 0.243 e. The summed E-state index contributed by atoms with van der Waals surface area (Å²) in [6.45, 7) is 2.76. The van der Waals surface area contributed by atoms with Gasteiger partial charge in [-0.15, -0.1) is 0 Å². The summed E-state index contributed by atoms with van der Waals surface area (Å²) >= 11 is 0. The van der Waals surface area contributed by atoms with E-state index in [-0.39, 0.29) is 37.7 Å². The SMILES string of the molecule is CCCNC(=O)C(Cc1ccccc1)N(Cc1cccc(OC)c1)C(=O)CCCN(c1cccc(OC)c1)S(C)(=O)=O. The van der Waals surface area contributed by atoms with E-state index in [1.54, 1.807) is 36.3 Å². The molecule has 0 spiro atoms. The number of nitrogens with zero attached hydrogens (tertiary/aromatic N) is 2. The zero-order valence-electron chi connectivity index (χ0n) is 24.8. The minimum Gasteiger partial charge on any atom is -0.497 e. The van der Waals surface area contributed by atoms with Crippen LogP contribution >= 0.6 is 0 Å². The van der Waals surface area contributed by atoms with Gasteiger partial charge in [-0.05, 0) is 48.2 Å². The van der Waals surface area contributed by atoms with Crippen LogP contribution in [0, 0.1) is 0 Å². The van der Waals surface area contributed by atoms with Gasteiger partial charge in [0.15, 0.2) is 0 Å². The summed E-state index contributed by atoms with van der Waals surface area (Å²) in [5.74, 6) is 0.705. The van der Waals surface area contributed by atoms with Crippen LogP contribution in [-0.2, 0) is 32.6 Å². The van der Waals surface area contributed by atoms with Crippen LogP contribution in [0.15, 0.2) is 78.9 Å². The van der Waals surface area contributed by atoms with E-state index >= 15 is 0 Å². The van der Waals surface area contributed by atoms with Gasteiger partial charge < -0.3 is 19.7 Å². The Balaban J connectivity index is 1.89. The summed E-state index contributed by atoms with van der Waals surface area (Å²) in [5.41, 5.74) is 2.20. The van der Waals surface area contributed by atoms with E-state index in [1.165, 1.54) is 11.4 Å². The molecular formula is C32H41N3O6S. The van der Waals surface area contributed by atoms with Crippen molar-refractivity contribution >= 4 is 27.5 Å². The van der Waals surface area contributed by atoms with Gasteiger partial charge in [0.05, 0.1) is 26.2 Å². The number of carbonyl (C=O) groups excluding carboxylic acids is 2. The molecular weight excluding hydrogens is 554 g/mol. The van der Waals surface area contributed by atoms with E-state index in [2.05, 4.69) is 5.32 Å². The number of sulfonamides is 1. The summed E-state index contributed by atoms with van der Waals surface area (Å²) < 4.78 is 37.2. The topological polar surface area (TPSA) is 105 Å². The molecule has 0 saturated carbocycles. The molecule has 3 rings (SSSR count). The van der Waals surface area contributed by atoms with Crippen molar-refractivity contribution in [2.75, 3.05) is 37.9 Å². The number of benzene rings is 3. The fourth-order valence-corrected chi connectivity index (χ4v) is 5.61. The molecule has 1 N–H and O–H groups in total. The maximum atomic E-state index is 13.9. The lowest BCUT2D eigenvalue weighted by Gasteiger charge is -2.32. The number of methoxy groups -OCH3 is 2. The van der Waals surface area contributed by atoms with E-state index in [4.69, 9.17) is 9.47 Å². The second-order valence-corrected chi connectivity index (χ2v) is 11.9. The maximum absolute atomic E-state index is 13.9. The van der Waals surface area contributed by atoms with Crippen LogP contribution in [0.5, 0.6) is 11.5 Å². The monoisotopic (exact) mass is 595 g/mol. The minimum absolute atomic E-state index is 0.0479. The molecule has 10 heteroatoms. The van der Waals surface area contributed by atoms with E-state index < -0.39 is 16.1 Å². The van der Waals surface area contributed by atoms with Crippen LogP contribution in [0.3, 0.4) is 0 Å². The number of ether oxygens (including phenoxy) is 2. The lowest BCUT2D eigenvalue weighted by Crippen LogP contribution is -2.50. The molecule has 9 nitrogen and oxygen atoms in total. The first kappa shape index (κ1) is 32.5. The summed E-state index contributed by atoms with van der Waals surface area (Å²) in [6.07, 6.45) is 2.54. The lowest BCUT2D eigenvalue weighted by atomic mass is 10.0. The molecule has 0 aliphatic heterocycles. The van der Waals surface area contributed by atoms with E-state index in [1.807, 2.05) is 61.5 Å². The first-order valence-electron chi connectivity index (χ1n) is 14.0. The molecule has 42 heavy (non-hydrogen) atoms. The molecule has 1 atom stereocenters. The number of hydrogen-bond donors (Lipinski definition) is 1. The second kappa shape index (κ2) is 15.8. The highest BCUT2D eigenvalue weighted by Crippen LogP contribution is 2.24. The largest absolute Gasteiger partial charge is 0.497 e. The van der Waals surface area contributed by atoms with Crippen molar-refractivity contribution in [3.8, 4) is 11.5 Å². The Morgan fingerprint density at radius 3 is 2.17 bits per heavy atom. The van der Waals surface area contributed by atoms with Crippen molar-refractivity contribution in [3.05, 3.63) is 90.0 Å². The van der Waals surface area contributed by atoms with Crippen LogP contribution in [0.2, 0.25) is 0 Å². The molecule has 0 radical (unpaired) electrons. The molecule has 0 aliphatic carbocycles. The number of amides is 2. The van der Waals surface area contributed by atoms with E-state index in [0.717, 1.165) is 23.8 Å². The number of anilines is 1. The second-order valence-electron chi connectivity index (χ2n) is 10.0. The van der Waals surface area contributed by atoms with Crippen LogP contribution in [0.4, 0.5) is 5.69 Å². The van der Waals surface area contributed by atoms with Gasteiger partial charge in [0.25, 0.3) is 0 Å². The Kier molecular flexibility index (Phi) is 12.2. The molecule has 0 fully saturated rings. The third-order valence-electron chi connectivity index (χ3n) is 6.80. The first-order valence-corrected chi connectivity index (χ1v) is 15.9.